The van der Waals surface area contributed by atoms with Crippen molar-refractivity contribution in [2.75, 3.05) is 11.8 Å². The van der Waals surface area contributed by atoms with Crippen LogP contribution in [0.5, 0.6) is 0 Å². The van der Waals surface area contributed by atoms with E-state index in [4.69, 9.17) is 0 Å². The standard InChI is InChI=1S/C21H25N3O5S/c1-15-8-13-19(14-20(15)24(26)27)30(28,29)22-17-11-9-16(10-12-17)21(25)23(2)18-6-4-3-5-7-18/h8-14,18,22H,3-7H2,1-2H3. The lowest BCUT2D eigenvalue weighted by Crippen LogP contribution is -2.38. The number of anilines is 1. The highest BCUT2D eigenvalue weighted by Gasteiger charge is 2.23. The highest BCUT2D eigenvalue weighted by Crippen LogP contribution is 2.25. The number of benzene rings is 2. The number of aryl methyl sites for hydroxylation is 1. The second-order valence-electron chi connectivity index (χ2n) is 7.60. The Bertz CT molecular complexity index is 1040. The highest BCUT2D eigenvalue weighted by molar-refractivity contribution is 7.92. The molecule has 0 atom stereocenters. The molecule has 3 rings (SSSR count). The molecular weight excluding hydrogens is 406 g/mol. The van der Waals surface area contributed by atoms with E-state index in [1.807, 2.05) is 0 Å². The molecule has 1 fully saturated rings. The number of carbonyl (C=O) groups is 1. The molecule has 0 aliphatic heterocycles. The molecule has 2 aromatic rings. The molecule has 1 saturated carbocycles. The number of nitrogens with one attached hydrogen (secondary N) is 1. The molecule has 1 amide bonds. The van der Waals surface area contributed by atoms with Crippen molar-refractivity contribution in [3.63, 3.8) is 0 Å². The quantitative estimate of drug-likeness (QED) is 0.547. The van der Waals surface area contributed by atoms with Crippen molar-refractivity contribution >= 4 is 27.3 Å². The fourth-order valence-corrected chi connectivity index (χ4v) is 4.76. The maximum atomic E-state index is 12.7. The third kappa shape index (κ3) is 4.79. The van der Waals surface area contributed by atoms with Crippen LogP contribution in [0.4, 0.5) is 11.4 Å². The van der Waals surface area contributed by atoms with Gasteiger partial charge in [-0.1, -0.05) is 25.3 Å². The summed E-state index contributed by atoms with van der Waals surface area (Å²) in [6.07, 6.45) is 5.46. The molecule has 0 aromatic heterocycles. The maximum Gasteiger partial charge on any atom is 0.273 e. The van der Waals surface area contributed by atoms with Gasteiger partial charge in [-0.25, -0.2) is 8.42 Å². The van der Waals surface area contributed by atoms with Gasteiger partial charge in [0.25, 0.3) is 21.6 Å². The molecule has 8 nitrogen and oxygen atoms in total. The van der Waals surface area contributed by atoms with E-state index in [1.54, 1.807) is 31.0 Å². The van der Waals surface area contributed by atoms with Crippen LogP contribution in [0.25, 0.3) is 0 Å². The Balaban J connectivity index is 1.74. The molecule has 9 heteroatoms. The lowest BCUT2D eigenvalue weighted by molar-refractivity contribution is -0.385. The van der Waals surface area contributed by atoms with E-state index in [9.17, 15) is 23.3 Å². The molecular formula is C21H25N3O5S. The zero-order valence-corrected chi connectivity index (χ0v) is 17.8. The Morgan fingerprint density at radius 1 is 1.10 bits per heavy atom. The summed E-state index contributed by atoms with van der Waals surface area (Å²) in [7, 11) is -2.20. The topological polar surface area (TPSA) is 110 Å². The second kappa shape index (κ2) is 8.83. The fraction of sp³-hybridized carbons (Fsp3) is 0.381. The lowest BCUT2D eigenvalue weighted by atomic mass is 9.94. The third-order valence-electron chi connectivity index (χ3n) is 5.51. The first-order valence-corrected chi connectivity index (χ1v) is 11.3. The van der Waals surface area contributed by atoms with Crippen molar-refractivity contribution in [2.45, 2.75) is 50.0 Å². The zero-order chi connectivity index (χ0) is 21.9. The molecule has 0 unspecified atom stereocenters. The minimum Gasteiger partial charge on any atom is -0.339 e. The van der Waals surface area contributed by atoms with Gasteiger partial charge in [0.15, 0.2) is 0 Å². The summed E-state index contributed by atoms with van der Waals surface area (Å²) >= 11 is 0. The number of rotatable bonds is 6. The summed E-state index contributed by atoms with van der Waals surface area (Å²) < 4.78 is 27.6. The Hall–Kier alpha value is -2.94. The van der Waals surface area contributed by atoms with Gasteiger partial charge in [-0.2, -0.15) is 0 Å². The van der Waals surface area contributed by atoms with Gasteiger partial charge in [0.2, 0.25) is 0 Å². The van der Waals surface area contributed by atoms with E-state index >= 15 is 0 Å². The van der Waals surface area contributed by atoms with Crippen molar-refractivity contribution in [3.8, 4) is 0 Å². The molecule has 0 spiro atoms. The Morgan fingerprint density at radius 3 is 2.33 bits per heavy atom. The summed E-state index contributed by atoms with van der Waals surface area (Å²) in [6, 6.07) is 10.2. The van der Waals surface area contributed by atoms with Crippen LogP contribution in [-0.4, -0.2) is 37.2 Å². The molecule has 1 aliphatic rings. The summed E-state index contributed by atoms with van der Waals surface area (Å²) in [5.41, 5.74) is 0.876. The second-order valence-corrected chi connectivity index (χ2v) is 9.28. The van der Waals surface area contributed by atoms with E-state index in [0.717, 1.165) is 31.7 Å². The lowest BCUT2D eigenvalue weighted by Gasteiger charge is -2.31. The number of sulfonamides is 1. The van der Waals surface area contributed by atoms with Crippen molar-refractivity contribution in [1.29, 1.82) is 0 Å². The van der Waals surface area contributed by atoms with Crippen molar-refractivity contribution in [3.05, 3.63) is 63.7 Å². The first-order valence-electron chi connectivity index (χ1n) is 9.84. The van der Waals surface area contributed by atoms with Crippen LogP contribution in [0.3, 0.4) is 0 Å². The molecule has 0 saturated heterocycles. The van der Waals surface area contributed by atoms with E-state index < -0.39 is 14.9 Å². The Labute approximate surface area is 176 Å². The average molecular weight is 432 g/mol. The first kappa shape index (κ1) is 21.8. The minimum atomic E-state index is -4.00. The van der Waals surface area contributed by atoms with Gasteiger partial charge in [-0.3, -0.25) is 19.6 Å². The van der Waals surface area contributed by atoms with Gasteiger partial charge >= 0.3 is 0 Å². The Kier molecular flexibility index (Phi) is 6.40. The number of hydrogen-bond donors (Lipinski definition) is 1. The van der Waals surface area contributed by atoms with Gasteiger partial charge in [-0.05, 0) is 50.1 Å². The van der Waals surface area contributed by atoms with Crippen LogP contribution >= 0.6 is 0 Å². The predicted octanol–water partition coefficient (Wildman–Crippen LogP) is 4.11. The van der Waals surface area contributed by atoms with Crippen molar-refractivity contribution in [1.82, 2.24) is 4.90 Å². The third-order valence-corrected chi connectivity index (χ3v) is 6.89. The van der Waals surface area contributed by atoms with Crippen LogP contribution in [0.15, 0.2) is 47.4 Å². The van der Waals surface area contributed by atoms with Crippen LogP contribution < -0.4 is 4.72 Å². The van der Waals surface area contributed by atoms with Gasteiger partial charge < -0.3 is 4.90 Å². The van der Waals surface area contributed by atoms with Crippen LogP contribution in [0.2, 0.25) is 0 Å². The van der Waals surface area contributed by atoms with Gasteiger partial charge in [0.1, 0.15) is 0 Å². The number of hydrogen-bond acceptors (Lipinski definition) is 5. The van der Waals surface area contributed by atoms with Gasteiger partial charge in [-0.15, -0.1) is 0 Å². The predicted molar refractivity (Wildman–Crippen MR) is 114 cm³/mol. The molecule has 30 heavy (non-hydrogen) atoms. The van der Waals surface area contributed by atoms with E-state index in [-0.39, 0.29) is 28.2 Å². The molecule has 160 valence electrons. The number of nitro benzene ring substituents is 1. The molecule has 0 bridgehead atoms. The van der Waals surface area contributed by atoms with Crippen LogP contribution in [-0.2, 0) is 10.0 Å². The number of amides is 1. The van der Waals surface area contributed by atoms with E-state index in [1.165, 1.54) is 30.7 Å². The van der Waals surface area contributed by atoms with Gasteiger partial charge in [0, 0.05) is 36.0 Å². The summed E-state index contributed by atoms with van der Waals surface area (Å²) in [5.74, 6) is -0.0922. The molecule has 0 heterocycles. The van der Waals surface area contributed by atoms with Gasteiger partial charge in [0.05, 0.1) is 9.82 Å². The maximum absolute atomic E-state index is 12.7. The number of nitro groups is 1. The van der Waals surface area contributed by atoms with Crippen LogP contribution in [0, 0.1) is 17.0 Å². The summed E-state index contributed by atoms with van der Waals surface area (Å²) in [4.78, 5) is 24.8. The number of carbonyl (C=O) groups excluding carboxylic acids is 1. The first-order chi connectivity index (χ1) is 14.2. The summed E-state index contributed by atoms with van der Waals surface area (Å²) in [6.45, 7) is 1.54. The average Bonchev–Trinajstić information content (AvgIpc) is 2.73. The fourth-order valence-electron chi connectivity index (χ4n) is 3.69. The highest BCUT2D eigenvalue weighted by atomic mass is 32.2. The summed E-state index contributed by atoms with van der Waals surface area (Å²) in [5, 5.41) is 11.1. The molecule has 1 aliphatic carbocycles. The monoisotopic (exact) mass is 431 g/mol. The largest absolute Gasteiger partial charge is 0.339 e. The normalized spacial score (nSPS) is 14.9. The zero-order valence-electron chi connectivity index (χ0n) is 17.0. The SMILES string of the molecule is Cc1ccc(S(=O)(=O)Nc2ccc(C(=O)N(C)C3CCCCC3)cc2)cc1[N+](=O)[O-]. The van der Waals surface area contributed by atoms with Crippen molar-refractivity contribution < 1.29 is 18.1 Å². The van der Waals surface area contributed by atoms with Crippen LogP contribution in [0.1, 0.15) is 48.0 Å². The molecule has 0 radical (unpaired) electrons. The smallest absolute Gasteiger partial charge is 0.273 e. The molecule has 1 N–H and O–H groups in total. The molecule has 2 aromatic carbocycles. The van der Waals surface area contributed by atoms with E-state index in [0.29, 0.717) is 11.1 Å². The minimum absolute atomic E-state index is 0.0922. The Morgan fingerprint density at radius 2 is 1.73 bits per heavy atom. The van der Waals surface area contributed by atoms with Crippen molar-refractivity contribution in [2.24, 2.45) is 0 Å². The number of nitrogens with zero attached hydrogens (tertiary/aromatic N) is 2. The van der Waals surface area contributed by atoms with E-state index in [2.05, 4.69) is 4.72 Å².